The lowest BCUT2D eigenvalue weighted by molar-refractivity contribution is 0.417. The molecule has 0 aliphatic rings. The summed E-state index contributed by atoms with van der Waals surface area (Å²) in [6.07, 6.45) is 3.34. The second kappa shape index (κ2) is 11.6. The second-order valence-electron chi connectivity index (χ2n) is 5.59. The number of hydrogen-bond donors (Lipinski definition) is 3. The summed E-state index contributed by atoms with van der Waals surface area (Å²) < 4.78 is 5.46. The minimum absolute atomic E-state index is 0. The number of benzene rings is 2. The minimum Gasteiger partial charge on any atom is -0.494 e. The molecule has 1 heterocycles. The number of hydrogen-bond acceptors (Lipinski definition) is 6. The molecular formula is C22H28ClN5O. The van der Waals surface area contributed by atoms with Gasteiger partial charge >= 0.3 is 0 Å². The van der Waals surface area contributed by atoms with E-state index in [2.05, 4.69) is 32.5 Å². The molecule has 0 bridgehead atoms. The number of ether oxygens (including phenoxy) is 1. The van der Waals surface area contributed by atoms with Gasteiger partial charge in [-0.1, -0.05) is 50.7 Å². The van der Waals surface area contributed by atoms with Gasteiger partial charge in [0.15, 0.2) is 5.82 Å². The monoisotopic (exact) mass is 413 g/mol. The highest BCUT2D eigenvalue weighted by Gasteiger charge is 2.09. The molecule has 0 atom stereocenters. The zero-order chi connectivity index (χ0) is 19.1. The third-order valence-corrected chi connectivity index (χ3v) is 3.96. The van der Waals surface area contributed by atoms with Crippen LogP contribution in [0.3, 0.4) is 0 Å². The van der Waals surface area contributed by atoms with Crippen molar-refractivity contribution in [3.05, 3.63) is 72.4 Å². The van der Waals surface area contributed by atoms with Crippen molar-refractivity contribution in [2.75, 3.05) is 29.6 Å². The maximum atomic E-state index is 6.22. The molecule has 1 aromatic heterocycles. The first-order chi connectivity index (χ1) is 13.2. The summed E-state index contributed by atoms with van der Waals surface area (Å²) in [7, 11) is 1.61. The van der Waals surface area contributed by atoms with Crippen molar-refractivity contribution in [1.29, 1.82) is 0 Å². The number of para-hydroxylation sites is 1. The summed E-state index contributed by atoms with van der Waals surface area (Å²) in [6, 6.07) is 15.4. The summed E-state index contributed by atoms with van der Waals surface area (Å²) >= 11 is 6.22. The van der Waals surface area contributed by atoms with E-state index in [1.807, 2.05) is 48.5 Å². The van der Waals surface area contributed by atoms with Crippen LogP contribution in [0.2, 0.25) is 5.02 Å². The molecular weight excluding hydrogens is 386 g/mol. The van der Waals surface area contributed by atoms with Gasteiger partial charge in [0.05, 0.1) is 19.0 Å². The first kappa shape index (κ1) is 23.8. The molecule has 0 fully saturated rings. The zero-order valence-corrected chi connectivity index (χ0v) is 15.6. The second-order valence-corrected chi connectivity index (χ2v) is 6.00. The lowest BCUT2D eigenvalue weighted by atomic mass is 10.2. The lowest BCUT2D eigenvalue weighted by Crippen LogP contribution is -2.03. The Morgan fingerprint density at radius 2 is 1.83 bits per heavy atom. The SMILES string of the molecule is C.C.C=CCNc1ccc(Nc2ncc(Cl)c(Nc3ccccc3)n2)c(OC)c1. The molecule has 0 spiro atoms. The highest BCUT2D eigenvalue weighted by Crippen LogP contribution is 2.31. The topological polar surface area (TPSA) is 71.1 Å². The molecule has 3 rings (SSSR count). The van der Waals surface area contributed by atoms with Gasteiger partial charge in [0.1, 0.15) is 10.8 Å². The van der Waals surface area contributed by atoms with Crippen LogP contribution in [0, 0.1) is 0 Å². The average Bonchev–Trinajstić information content (AvgIpc) is 2.70. The molecule has 3 aromatic rings. The van der Waals surface area contributed by atoms with Crippen LogP contribution in [0.15, 0.2) is 67.4 Å². The molecule has 0 aliphatic carbocycles. The van der Waals surface area contributed by atoms with Gasteiger partial charge in [0.2, 0.25) is 5.95 Å². The Bertz CT molecular complexity index is 918. The Morgan fingerprint density at radius 1 is 1.07 bits per heavy atom. The minimum atomic E-state index is 0. The molecule has 0 unspecified atom stereocenters. The number of nitrogens with zero attached hydrogens (tertiary/aromatic N) is 2. The summed E-state index contributed by atoms with van der Waals surface area (Å²) in [5, 5.41) is 10.0. The van der Waals surface area contributed by atoms with Crippen LogP contribution in [0.25, 0.3) is 0 Å². The summed E-state index contributed by atoms with van der Waals surface area (Å²) in [5.74, 6) is 1.59. The number of rotatable bonds is 8. The van der Waals surface area contributed by atoms with Crippen molar-refractivity contribution in [2.24, 2.45) is 0 Å². The van der Waals surface area contributed by atoms with E-state index in [1.165, 1.54) is 0 Å². The van der Waals surface area contributed by atoms with Crippen molar-refractivity contribution >= 4 is 40.4 Å². The summed E-state index contributed by atoms with van der Waals surface area (Å²) in [4.78, 5) is 8.71. The van der Waals surface area contributed by atoms with Gasteiger partial charge in [-0.05, 0) is 24.3 Å². The Kier molecular flexibility index (Phi) is 9.48. The fourth-order valence-corrected chi connectivity index (χ4v) is 2.53. The van der Waals surface area contributed by atoms with Crippen molar-refractivity contribution < 1.29 is 4.74 Å². The Hall–Kier alpha value is -3.25. The number of anilines is 5. The van der Waals surface area contributed by atoms with Crippen LogP contribution < -0.4 is 20.7 Å². The molecule has 29 heavy (non-hydrogen) atoms. The van der Waals surface area contributed by atoms with Gasteiger partial charge in [-0.15, -0.1) is 6.58 Å². The molecule has 154 valence electrons. The molecule has 2 aromatic carbocycles. The van der Waals surface area contributed by atoms with Crippen LogP contribution in [0.4, 0.5) is 28.8 Å². The predicted octanol–water partition coefficient (Wildman–Crippen LogP) is 6.50. The number of methoxy groups -OCH3 is 1. The quantitative estimate of drug-likeness (QED) is 0.366. The lowest BCUT2D eigenvalue weighted by Gasteiger charge is -2.14. The molecule has 7 heteroatoms. The van der Waals surface area contributed by atoms with Gasteiger partial charge in [-0.25, -0.2) is 4.98 Å². The van der Waals surface area contributed by atoms with Gasteiger partial charge in [0, 0.05) is 24.0 Å². The standard InChI is InChI=1S/C20H20ClN5O.2CH4/c1-3-11-22-15-9-10-17(18(12-15)27-2)25-20-23-13-16(21)19(26-20)24-14-7-5-4-6-8-14;;/h3-10,12-13,22H,1,11H2,2H3,(H2,23,24,25,26);2*1H4. The van der Waals surface area contributed by atoms with Crippen molar-refractivity contribution in [3.8, 4) is 5.75 Å². The number of nitrogens with one attached hydrogen (secondary N) is 3. The van der Waals surface area contributed by atoms with Gasteiger partial charge < -0.3 is 20.7 Å². The van der Waals surface area contributed by atoms with Crippen LogP contribution >= 0.6 is 11.6 Å². The Labute approximate surface area is 178 Å². The van der Waals surface area contributed by atoms with Crippen LogP contribution in [0.1, 0.15) is 14.9 Å². The van der Waals surface area contributed by atoms with E-state index in [-0.39, 0.29) is 14.9 Å². The molecule has 6 nitrogen and oxygen atoms in total. The number of aromatic nitrogens is 2. The average molecular weight is 414 g/mol. The number of halogens is 1. The van der Waals surface area contributed by atoms with Crippen molar-refractivity contribution in [3.63, 3.8) is 0 Å². The Balaban J connectivity index is 0.00000210. The highest BCUT2D eigenvalue weighted by molar-refractivity contribution is 6.32. The first-order valence-electron chi connectivity index (χ1n) is 8.34. The largest absolute Gasteiger partial charge is 0.494 e. The van der Waals surface area contributed by atoms with Gasteiger partial charge in [-0.2, -0.15) is 4.98 Å². The maximum Gasteiger partial charge on any atom is 0.229 e. The fraction of sp³-hybridized carbons (Fsp3) is 0.182. The van der Waals surface area contributed by atoms with Crippen molar-refractivity contribution in [2.45, 2.75) is 14.9 Å². The molecule has 0 saturated carbocycles. The van der Waals surface area contributed by atoms with E-state index in [4.69, 9.17) is 16.3 Å². The molecule has 0 amide bonds. The Morgan fingerprint density at radius 3 is 2.52 bits per heavy atom. The maximum absolute atomic E-state index is 6.22. The van der Waals surface area contributed by atoms with E-state index in [9.17, 15) is 0 Å². The van der Waals surface area contributed by atoms with Crippen LogP contribution in [-0.4, -0.2) is 23.6 Å². The van der Waals surface area contributed by atoms with E-state index in [0.717, 1.165) is 17.1 Å². The van der Waals surface area contributed by atoms with E-state index in [0.29, 0.717) is 29.1 Å². The summed E-state index contributed by atoms with van der Waals surface area (Å²) in [5.41, 5.74) is 2.56. The molecule has 3 N–H and O–H groups in total. The van der Waals surface area contributed by atoms with E-state index in [1.54, 1.807) is 19.4 Å². The third-order valence-electron chi connectivity index (χ3n) is 3.68. The van der Waals surface area contributed by atoms with Gasteiger partial charge in [0.25, 0.3) is 0 Å². The van der Waals surface area contributed by atoms with Crippen LogP contribution in [-0.2, 0) is 0 Å². The fourth-order valence-electron chi connectivity index (χ4n) is 2.39. The van der Waals surface area contributed by atoms with Crippen molar-refractivity contribution in [1.82, 2.24) is 9.97 Å². The predicted molar refractivity (Wildman–Crippen MR) is 125 cm³/mol. The smallest absolute Gasteiger partial charge is 0.229 e. The third kappa shape index (κ3) is 6.40. The van der Waals surface area contributed by atoms with E-state index >= 15 is 0 Å². The first-order valence-corrected chi connectivity index (χ1v) is 8.72. The summed E-state index contributed by atoms with van der Waals surface area (Å²) in [6.45, 7) is 4.37. The molecule has 0 radical (unpaired) electrons. The molecule has 0 saturated heterocycles. The van der Waals surface area contributed by atoms with Gasteiger partial charge in [-0.3, -0.25) is 0 Å². The zero-order valence-electron chi connectivity index (χ0n) is 14.9. The normalized spacial score (nSPS) is 9.45. The highest BCUT2D eigenvalue weighted by atomic mass is 35.5. The van der Waals surface area contributed by atoms with E-state index < -0.39 is 0 Å². The van der Waals surface area contributed by atoms with Crippen LogP contribution in [0.5, 0.6) is 5.75 Å². The molecule has 0 aliphatic heterocycles.